The van der Waals surface area contributed by atoms with Crippen LogP contribution in [0.4, 0.5) is 27.4 Å². The van der Waals surface area contributed by atoms with Gasteiger partial charge in [0.25, 0.3) is 5.91 Å². The number of anilines is 4. The highest BCUT2D eigenvalue weighted by Gasteiger charge is 2.15. The van der Waals surface area contributed by atoms with Crippen LogP contribution < -0.4 is 16.1 Å². The molecule has 0 radical (unpaired) electrons. The number of pyridine rings is 1. The molecule has 0 aliphatic rings. The van der Waals surface area contributed by atoms with E-state index in [9.17, 15) is 9.18 Å². The zero-order chi connectivity index (χ0) is 22.4. The third-order valence-corrected chi connectivity index (χ3v) is 5.16. The smallest absolute Gasteiger partial charge is 0.276 e. The van der Waals surface area contributed by atoms with Gasteiger partial charge in [-0.2, -0.15) is 5.10 Å². The first kappa shape index (κ1) is 22.9. The maximum Gasteiger partial charge on any atom is 0.276 e. The van der Waals surface area contributed by atoms with Gasteiger partial charge < -0.3 is 15.7 Å². The van der Waals surface area contributed by atoms with E-state index in [-0.39, 0.29) is 17.9 Å². The van der Waals surface area contributed by atoms with Crippen LogP contribution in [-0.2, 0) is 17.8 Å². The summed E-state index contributed by atoms with van der Waals surface area (Å²) in [4.78, 5) is 21.3. The molecular formula is C20H22FIN6O3. The number of halogens is 2. The second-order valence-electron chi connectivity index (χ2n) is 6.43. The number of hydrogen-bond donors (Lipinski definition) is 4. The number of nitrogens with zero attached hydrogens (tertiary/aromatic N) is 3. The number of carbonyl (C=O) groups is 1. The first-order chi connectivity index (χ1) is 14.9. The fourth-order valence-corrected chi connectivity index (χ4v) is 3.32. The Morgan fingerprint density at radius 1 is 1.26 bits per heavy atom. The van der Waals surface area contributed by atoms with Gasteiger partial charge in [0.15, 0.2) is 0 Å². The minimum absolute atomic E-state index is 0.0165. The van der Waals surface area contributed by atoms with Gasteiger partial charge in [0.2, 0.25) is 0 Å². The van der Waals surface area contributed by atoms with Gasteiger partial charge in [0.05, 0.1) is 33.3 Å². The summed E-state index contributed by atoms with van der Waals surface area (Å²) in [6.45, 7) is 2.62. The number of aliphatic hydroxyl groups excluding tert-OH is 1. The number of aryl methyl sites for hydroxylation is 1. The van der Waals surface area contributed by atoms with Crippen LogP contribution in [0.3, 0.4) is 0 Å². The van der Waals surface area contributed by atoms with Crippen LogP contribution in [0.5, 0.6) is 0 Å². The Morgan fingerprint density at radius 3 is 2.77 bits per heavy atom. The SMILES string of the molecule is CCn1nc(CCO)cc1Nc1cc(Nc2cc(F)ccc2C(=O)NOC)c(I)cn1. The standard InChI is InChI=1S/C20H22FIN6O3/c1-3-28-19(9-13(26-28)6-7-29)25-18-10-17(15(22)11-23-18)24-16-8-12(21)4-5-14(16)20(30)27-31-2/h4-5,8-11,29H,3,6-7H2,1-2H3,(H,27,30)(H2,23,24,25). The maximum absolute atomic E-state index is 13.9. The largest absolute Gasteiger partial charge is 0.396 e. The average Bonchev–Trinajstić information content (AvgIpc) is 3.12. The first-order valence-corrected chi connectivity index (χ1v) is 10.5. The van der Waals surface area contributed by atoms with Crippen molar-refractivity contribution >= 4 is 51.5 Å². The highest BCUT2D eigenvalue weighted by Crippen LogP contribution is 2.28. The Labute approximate surface area is 192 Å². The van der Waals surface area contributed by atoms with Gasteiger partial charge in [0.1, 0.15) is 17.5 Å². The third kappa shape index (κ3) is 5.68. The van der Waals surface area contributed by atoms with Gasteiger partial charge in [-0.25, -0.2) is 19.5 Å². The molecule has 0 bridgehead atoms. The maximum atomic E-state index is 13.9. The Balaban J connectivity index is 1.89. The Morgan fingerprint density at radius 2 is 2.06 bits per heavy atom. The van der Waals surface area contributed by atoms with Crippen LogP contribution in [-0.4, -0.2) is 39.5 Å². The molecule has 2 heterocycles. The minimum atomic E-state index is -0.504. The molecule has 9 nitrogen and oxygen atoms in total. The molecule has 0 saturated carbocycles. The minimum Gasteiger partial charge on any atom is -0.396 e. The molecule has 0 spiro atoms. The zero-order valence-corrected chi connectivity index (χ0v) is 19.1. The molecule has 164 valence electrons. The number of amides is 1. The molecule has 2 aromatic heterocycles. The van der Waals surface area contributed by atoms with Crippen LogP contribution >= 0.6 is 22.6 Å². The number of benzene rings is 1. The van der Waals surface area contributed by atoms with Crippen molar-refractivity contribution in [3.05, 3.63) is 57.2 Å². The van der Waals surface area contributed by atoms with Gasteiger partial charge in [-0.3, -0.25) is 9.63 Å². The highest BCUT2D eigenvalue weighted by atomic mass is 127. The van der Waals surface area contributed by atoms with Gasteiger partial charge >= 0.3 is 0 Å². The molecule has 0 atom stereocenters. The van der Waals surface area contributed by atoms with Crippen LogP contribution in [0, 0.1) is 9.39 Å². The lowest BCUT2D eigenvalue weighted by Crippen LogP contribution is -2.22. The lowest BCUT2D eigenvalue weighted by atomic mass is 10.1. The average molecular weight is 540 g/mol. The zero-order valence-electron chi connectivity index (χ0n) is 16.9. The monoisotopic (exact) mass is 540 g/mol. The first-order valence-electron chi connectivity index (χ1n) is 9.45. The van der Waals surface area contributed by atoms with E-state index in [4.69, 9.17) is 5.11 Å². The van der Waals surface area contributed by atoms with E-state index in [0.717, 1.165) is 15.1 Å². The number of aliphatic hydroxyl groups is 1. The van der Waals surface area contributed by atoms with Crippen molar-refractivity contribution in [1.82, 2.24) is 20.2 Å². The highest BCUT2D eigenvalue weighted by molar-refractivity contribution is 14.1. The summed E-state index contributed by atoms with van der Waals surface area (Å²) in [5.41, 5.74) is 4.15. The Kier molecular flexibility index (Phi) is 7.76. The second kappa shape index (κ2) is 10.5. The van der Waals surface area contributed by atoms with Crippen molar-refractivity contribution in [2.24, 2.45) is 0 Å². The van der Waals surface area contributed by atoms with E-state index in [2.05, 4.69) is 53.6 Å². The van der Waals surface area contributed by atoms with Crippen molar-refractivity contribution in [2.45, 2.75) is 19.9 Å². The van der Waals surface area contributed by atoms with Crippen LogP contribution in [0.25, 0.3) is 0 Å². The quantitative estimate of drug-likeness (QED) is 0.243. The molecule has 1 aromatic carbocycles. The van der Waals surface area contributed by atoms with Crippen molar-refractivity contribution in [3.8, 4) is 0 Å². The number of nitrogens with one attached hydrogen (secondary N) is 3. The predicted molar refractivity (Wildman–Crippen MR) is 123 cm³/mol. The van der Waals surface area contributed by atoms with E-state index in [1.165, 1.54) is 25.3 Å². The second-order valence-corrected chi connectivity index (χ2v) is 7.60. The van der Waals surface area contributed by atoms with Crippen molar-refractivity contribution in [3.63, 3.8) is 0 Å². The summed E-state index contributed by atoms with van der Waals surface area (Å²) in [6, 6.07) is 7.43. The molecule has 0 saturated heterocycles. The van der Waals surface area contributed by atoms with E-state index in [1.54, 1.807) is 16.9 Å². The third-order valence-electron chi connectivity index (χ3n) is 4.30. The number of rotatable bonds is 9. The molecule has 0 aliphatic heterocycles. The molecule has 4 N–H and O–H groups in total. The van der Waals surface area contributed by atoms with Gasteiger partial charge in [-0.05, 0) is 47.7 Å². The molecule has 31 heavy (non-hydrogen) atoms. The van der Waals surface area contributed by atoms with E-state index < -0.39 is 11.7 Å². The van der Waals surface area contributed by atoms with Crippen LogP contribution in [0.2, 0.25) is 0 Å². The van der Waals surface area contributed by atoms with Gasteiger partial charge in [-0.1, -0.05) is 0 Å². The molecule has 1 amide bonds. The molecular weight excluding hydrogens is 518 g/mol. The molecule has 0 fully saturated rings. The number of aromatic nitrogens is 3. The summed E-state index contributed by atoms with van der Waals surface area (Å²) in [6.07, 6.45) is 2.11. The van der Waals surface area contributed by atoms with E-state index >= 15 is 0 Å². The number of hydrogen-bond acceptors (Lipinski definition) is 7. The molecule has 0 aliphatic carbocycles. The van der Waals surface area contributed by atoms with E-state index in [1.807, 2.05) is 13.0 Å². The lowest BCUT2D eigenvalue weighted by molar-refractivity contribution is 0.0538. The summed E-state index contributed by atoms with van der Waals surface area (Å²) < 4.78 is 16.4. The normalized spacial score (nSPS) is 10.7. The van der Waals surface area contributed by atoms with Gasteiger partial charge in [-0.15, -0.1) is 0 Å². The molecule has 3 rings (SSSR count). The van der Waals surface area contributed by atoms with Crippen LogP contribution in [0.1, 0.15) is 23.0 Å². The number of carbonyl (C=O) groups excluding carboxylic acids is 1. The summed E-state index contributed by atoms with van der Waals surface area (Å²) in [5, 5.41) is 19.9. The summed E-state index contributed by atoms with van der Waals surface area (Å²) >= 11 is 2.10. The summed E-state index contributed by atoms with van der Waals surface area (Å²) in [5.74, 6) is 0.279. The van der Waals surface area contributed by atoms with Crippen molar-refractivity contribution in [2.75, 3.05) is 24.4 Å². The fourth-order valence-electron chi connectivity index (χ4n) is 2.89. The van der Waals surface area contributed by atoms with Crippen molar-refractivity contribution < 1.29 is 19.1 Å². The van der Waals surface area contributed by atoms with E-state index in [0.29, 0.717) is 24.5 Å². The molecule has 11 heteroatoms. The molecule has 3 aromatic rings. The van der Waals surface area contributed by atoms with Gasteiger partial charge in [0, 0.05) is 37.9 Å². The predicted octanol–water partition coefficient (Wildman–Crippen LogP) is 3.35. The summed E-state index contributed by atoms with van der Waals surface area (Å²) in [7, 11) is 1.32. The Hall–Kier alpha value is -2.77. The lowest BCUT2D eigenvalue weighted by Gasteiger charge is -2.14. The fraction of sp³-hybridized carbons (Fsp3) is 0.250. The topological polar surface area (TPSA) is 113 Å². The number of hydroxylamine groups is 1. The van der Waals surface area contributed by atoms with Crippen molar-refractivity contribution in [1.29, 1.82) is 0 Å². The molecule has 0 unspecified atom stereocenters. The Bertz CT molecular complexity index is 1080. The van der Waals surface area contributed by atoms with Crippen LogP contribution in [0.15, 0.2) is 36.5 Å².